The average Bonchev–Trinajstić information content (AvgIpc) is 2.39. The fourth-order valence-corrected chi connectivity index (χ4v) is 2.34. The summed E-state index contributed by atoms with van der Waals surface area (Å²) in [7, 11) is 1.84. The van der Waals surface area contributed by atoms with Crippen molar-refractivity contribution in [3.8, 4) is 0 Å². The van der Waals surface area contributed by atoms with E-state index in [1.54, 1.807) is 12.1 Å². The molecule has 1 aromatic carbocycles. The van der Waals surface area contributed by atoms with Gasteiger partial charge in [-0.2, -0.15) is 0 Å². The van der Waals surface area contributed by atoms with E-state index in [2.05, 4.69) is 5.32 Å². The summed E-state index contributed by atoms with van der Waals surface area (Å²) in [4.78, 5) is 13.9. The van der Waals surface area contributed by atoms with Crippen LogP contribution in [0.3, 0.4) is 0 Å². The normalized spacial score (nSPS) is 16.6. The quantitative estimate of drug-likeness (QED) is 0.883. The Balaban J connectivity index is 1.94. The van der Waals surface area contributed by atoms with Gasteiger partial charge in [0.2, 0.25) is 5.91 Å². The summed E-state index contributed by atoms with van der Waals surface area (Å²) in [6, 6.07) is 6.56. The van der Waals surface area contributed by atoms with Gasteiger partial charge >= 0.3 is 0 Å². The van der Waals surface area contributed by atoms with Crippen LogP contribution in [0.1, 0.15) is 18.4 Å². The molecular formula is C14H19FN2O. The molecule has 0 radical (unpaired) electrons. The molecule has 1 aliphatic heterocycles. The summed E-state index contributed by atoms with van der Waals surface area (Å²) in [6.07, 6.45) is 2.26. The van der Waals surface area contributed by atoms with Crippen LogP contribution in [-0.4, -0.2) is 37.0 Å². The Morgan fingerprint density at radius 2 is 2.17 bits per heavy atom. The summed E-state index contributed by atoms with van der Waals surface area (Å²) in [5.74, 6) is -0.225. The molecule has 0 aromatic heterocycles. The first kappa shape index (κ1) is 13.0. The van der Waals surface area contributed by atoms with Gasteiger partial charge in [0.25, 0.3) is 0 Å². The van der Waals surface area contributed by atoms with Gasteiger partial charge in [-0.1, -0.05) is 12.1 Å². The summed E-state index contributed by atoms with van der Waals surface area (Å²) in [5, 5.41) is 3.28. The van der Waals surface area contributed by atoms with E-state index in [0.717, 1.165) is 31.5 Å². The van der Waals surface area contributed by atoms with Crippen molar-refractivity contribution in [2.75, 3.05) is 20.1 Å². The fourth-order valence-electron chi connectivity index (χ4n) is 2.34. The van der Waals surface area contributed by atoms with Crippen molar-refractivity contribution in [2.45, 2.75) is 25.3 Å². The Bertz CT molecular complexity index is 416. The number of hydrogen-bond acceptors (Lipinski definition) is 2. The highest BCUT2D eigenvalue weighted by molar-refractivity contribution is 5.78. The molecule has 1 aromatic rings. The van der Waals surface area contributed by atoms with Crippen LogP contribution in [0.15, 0.2) is 24.3 Å². The van der Waals surface area contributed by atoms with Gasteiger partial charge in [0.1, 0.15) is 5.82 Å². The molecule has 4 heteroatoms. The molecule has 1 aliphatic rings. The Morgan fingerprint density at radius 1 is 1.44 bits per heavy atom. The Labute approximate surface area is 107 Å². The van der Waals surface area contributed by atoms with Crippen LogP contribution >= 0.6 is 0 Å². The number of nitrogens with one attached hydrogen (secondary N) is 1. The number of rotatable bonds is 3. The third-order valence-electron chi connectivity index (χ3n) is 3.49. The first-order valence-electron chi connectivity index (χ1n) is 6.37. The molecule has 0 spiro atoms. The third kappa shape index (κ3) is 3.29. The molecule has 1 amide bonds. The number of carbonyl (C=O) groups excluding carboxylic acids is 1. The van der Waals surface area contributed by atoms with Crippen LogP contribution in [-0.2, 0) is 11.2 Å². The predicted octanol–water partition coefficient (Wildman–Crippen LogP) is 1.58. The van der Waals surface area contributed by atoms with E-state index in [0.29, 0.717) is 6.04 Å². The number of likely N-dealkylation sites (N-methyl/N-ethyl adjacent to an activating group) is 1. The third-order valence-corrected chi connectivity index (χ3v) is 3.49. The lowest BCUT2D eigenvalue weighted by Gasteiger charge is -2.31. The van der Waals surface area contributed by atoms with Crippen molar-refractivity contribution in [3.05, 3.63) is 35.6 Å². The van der Waals surface area contributed by atoms with E-state index in [4.69, 9.17) is 0 Å². The number of halogens is 1. The van der Waals surface area contributed by atoms with Gasteiger partial charge in [0.05, 0.1) is 6.42 Å². The van der Waals surface area contributed by atoms with Gasteiger partial charge in [-0.15, -0.1) is 0 Å². The van der Waals surface area contributed by atoms with Crippen molar-refractivity contribution >= 4 is 5.91 Å². The van der Waals surface area contributed by atoms with Gasteiger partial charge in [0, 0.05) is 13.1 Å². The van der Waals surface area contributed by atoms with Crippen LogP contribution in [0.2, 0.25) is 0 Å². The minimum absolute atomic E-state index is 0.0625. The van der Waals surface area contributed by atoms with Crippen molar-refractivity contribution in [1.82, 2.24) is 10.2 Å². The van der Waals surface area contributed by atoms with Crippen LogP contribution in [0.4, 0.5) is 4.39 Å². The molecule has 0 unspecified atom stereocenters. The highest BCUT2D eigenvalue weighted by Gasteiger charge is 2.21. The average molecular weight is 250 g/mol. The van der Waals surface area contributed by atoms with Gasteiger partial charge in [-0.05, 0) is 43.6 Å². The molecule has 1 saturated heterocycles. The number of benzene rings is 1. The summed E-state index contributed by atoms with van der Waals surface area (Å²) < 4.78 is 13.0. The summed E-state index contributed by atoms with van der Waals surface area (Å²) >= 11 is 0. The van der Waals surface area contributed by atoms with Crippen molar-refractivity contribution in [2.24, 2.45) is 0 Å². The van der Waals surface area contributed by atoms with E-state index in [-0.39, 0.29) is 18.1 Å². The molecule has 3 nitrogen and oxygen atoms in total. The molecule has 1 N–H and O–H groups in total. The van der Waals surface area contributed by atoms with Crippen molar-refractivity contribution in [1.29, 1.82) is 0 Å². The molecule has 0 saturated carbocycles. The van der Waals surface area contributed by atoms with Crippen LogP contribution < -0.4 is 5.32 Å². The van der Waals surface area contributed by atoms with Gasteiger partial charge in [-0.25, -0.2) is 4.39 Å². The molecule has 98 valence electrons. The van der Waals surface area contributed by atoms with E-state index in [1.807, 2.05) is 11.9 Å². The summed E-state index contributed by atoms with van der Waals surface area (Å²) in [6.45, 7) is 1.92. The Kier molecular flexibility index (Phi) is 4.31. The second kappa shape index (κ2) is 5.96. The predicted molar refractivity (Wildman–Crippen MR) is 68.8 cm³/mol. The van der Waals surface area contributed by atoms with Crippen LogP contribution in [0.5, 0.6) is 0 Å². The van der Waals surface area contributed by atoms with Crippen LogP contribution in [0, 0.1) is 5.82 Å². The Morgan fingerprint density at radius 3 is 2.83 bits per heavy atom. The maximum atomic E-state index is 13.0. The lowest BCUT2D eigenvalue weighted by atomic mass is 10.0. The second-order valence-corrected chi connectivity index (χ2v) is 4.79. The maximum Gasteiger partial charge on any atom is 0.226 e. The lowest BCUT2D eigenvalue weighted by Crippen LogP contribution is -2.44. The topological polar surface area (TPSA) is 32.3 Å². The number of nitrogens with zero attached hydrogens (tertiary/aromatic N) is 1. The number of hydrogen-bond donors (Lipinski definition) is 1. The van der Waals surface area contributed by atoms with E-state index < -0.39 is 0 Å². The number of amides is 1. The van der Waals surface area contributed by atoms with E-state index in [9.17, 15) is 9.18 Å². The van der Waals surface area contributed by atoms with Gasteiger partial charge in [-0.3, -0.25) is 4.79 Å². The molecule has 1 heterocycles. The zero-order chi connectivity index (χ0) is 13.0. The van der Waals surface area contributed by atoms with Crippen LogP contribution in [0.25, 0.3) is 0 Å². The minimum Gasteiger partial charge on any atom is -0.342 e. The molecule has 2 rings (SSSR count). The largest absolute Gasteiger partial charge is 0.342 e. The monoisotopic (exact) mass is 250 g/mol. The second-order valence-electron chi connectivity index (χ2n) is 4.79. The number of piperidine rings is 1. The van der Waals surface area contributed by atoms with Gasteiger partial charge in [0.15, 0.2) is 0 Å². The highest BCUT2D eigenvalue weighted by atomic mass is 19.1. The maximum absolute atomic E-state index is 13.0. The van der Waals surface area contributed by atoms with E-state index in [1.165, 1.54) is 12.1 Å². The lowest BCUT2D eigenvalue weighted by molar-refractivity contribution is -0.131. The smallest absolute Gasteiger partial charge is 0.226 e. The molecular weight excluding hydrogens is 231 g/mol. The van der Waals surface area contributed by atoms with Crippen molar-refractivity contribution in [3.63, 3.8) is 0 Å². The minimum atomic E-state index is -0.287. The van der Waals surface area contributed by atoms with Crippen molar-refractivity contribution < 1.29 is 9.18 Å². The first-order valence-corrected chi connectivity index (χ1v) is 6.37. The molecule has 1 fully saturated rings. The highest BCUT2D eigenvalue weighted by Crippen LogP contribution is 2.12. The molecule has 18 heavy (non-hydrogen) atoms. The van der Waals surface area contributed by atoms with E-state index >= 15 is 0 Å². The SMILES string of the molecule is CN(C(=O)Cc1cccc(F)c1)C1CCNCC1. The molecule has 0 atom stereocenters. The first-order chi connectivity index (χ1) is 8.66. The number of carbonyl (C=O) groups is 1. The zero-order valence-electron chi connectivity index (χ0n) is 10.7. The standard InChI is InChI=1S/C14H19FN2O/c1-17(13-5-7-16-8-6-13)14(18)10-11-3-2-4-12(15)9-11/h2-4,9,13,16H,5-8,10H2,1H3. The zero-order valence-corrected chi connectivity index (χ0v) is 10.7. The molecule has 0 bridgehead atoms. The Hall–Kier alpha value is -1.42. The fraction of sp³-hybridized carbons (Fsp3) is 0.500. The molecule has 0 aliphatic carbocycles. The summed E-state index contributed by atoms with van der Waals surface area (Å²) in [5.41, 5.74) is 0.737. The van der Waals surface area contributed by atoms with Gasteiger partial charge < -0.3 is 10.2 Å².